The fourth-order valence-corrected chi connectivity index (χ4v) is 4.32. The van der Waals surface area contributed by atoms with Crippen molar-refractivity contribution in [3.05, 3.63) is 108 Å². The van der Waals surface area contributed by atoms with Crippen LogP contribution >= 0.6 is 0 Å². The van der Waals surface area contributed by atoms with Crippen molar-refractivity contribution in [2.45, 2.75) is 12.8 Å². The van der Waals surface area contributed by atoms with Crippen LogP contribution in [0.2, 0.25) is 0 Å². The Hall–Kier alpha value is -3.46. The molecule has 0 amide bonds. The van der Waals surface area contributed by atoms with Crippen LogP contribution in [-0.4, -0.2) is 18.9 Å². The van der Waals surface area contributed by atoms with Crippen molar-refractivity contribution >= 4 is 22.9 Å². The predicted molar refractivity (Wildman–Crippen MR) is 119 cm³/mol. The first-order valence-corrected chi connectivity index (χ1v) is 10.2. The highest BCUT2D eigenvalue weighted by Crippen LogP contribution is 2.45. The molecule has 3 heteroatoms. The lowest BCUT2D eigenvalue weighted by molar-refractivity contribution is -0.146. The van der Waals surface area contributed by atoms with Gasteiger partial charge in [0, 0.05) is 11.5 Å². The lowest BCUT2D eigenvalue weighted by Gasteiger charge is -2.33. The monoisotopic (exact) mass is 396 g/mol. The van der Waals surface area contributed by atoms with Crippen molar-refractivity contribution in [3.8, 4) is 0 Å². The van der Waals surface area contributed by atoms with E-state index in [9.17, 15) is 9.59 Å². The second-order valence-corrected chi connectivity index (χ2v) is 7.56. The van der Waals surface area contributed by atoms with E-state index < -0.39 is 11.8 Å². The zero-order valence-electron chi connectivity index (χ0n) is 17.0. The second kappa shape index (κ2) is 8.91. The molecule has 3 aromatic carbocycles. The Morgan fingerprint density at radius 2 is 1.10 bits per heavy atom. The summed E-state index contributed by atoms with van der Waals surface area (Å²) < 4.78 is 5.12. The lowest BCUT2D eigenvalue weighted by Crippen LogP contribution is -2.34. The first-order valence-electron chi connectivity index (χ1n) is 10.2. The molecular formula is C27H24O3. The van der Waals surface area contributed by atoms with Crippen molar-refractivity contribution < 1.29 is 14.3 Å². The van der Waals surface area contributed by atoms with Gasteiger partial charge in [-0.1, -0.05) is 91.0 Å². The van der Waals surface area contributed by atoms with Gasteiger partial charge in [-0.15, -0.1) is 0 Å². The summed E-state index contributed by atoms with van der Waals surface area (Å²) in [6, 6.07) is 29.5. The number of ketones is 1. The fraction of sp³-hybridized carbons (Fsp3) is 0.185. The molecule has 0 radical (unpaired) electrons. The summed E-state index contributed by atoms with van der Waals surface area (Å²) in [7, 11) is 1.39. The first-order chi connectivity index (χ1) is 14.7. The third-order valence-corrected chi connectivity index (χ3v) is 5.84. The number of allylic oxidation sites excluding steroid dienone is 2. The molecule has 2 unspecified atom stereocenters. The van der Waals surface area contributed by atoms with Gasteiger partial charge in [-0.05, 0) is 35.1 Å². The van der Waals surface area contributed by atoms with E-state index in [4.69, 9.17) is 4.74 Å². The van der Waals surface area contributed by atoms with Gasteiger partial charge in [-0.25, -0.2) is 0 Å². The van der Waals surface area contributed by atoms with Gasteiger partial charge >= 0.3 is 5.97 Å². The Morgan fingerprint density at radius 1 is 0.667 bits per heavy atom. The molecule has 0 N–H and O–H groups in total. The molecule has 1 aliphatic carbocycles. The Balaban J connectivity index is 1.84. The highest BCUT2D eigenvalue weighted by atomic mass is 16.5. The van der Waals surface area contributed by atoms with Gasteiger partial charge in [0.15, 0.2) is 5.78 Å². The fourth-order valence-electron chi connectivity index (χ4n) is 4.32. The molecule has 150 valence electrons. The number of esters is 1. The van der Waals surface area contributed by atoms with E-state index in [0.717, 1.165) is 22.3 Å². The molecule has 3 aromatic rings. The van der Waals surface area contributed by atoms with E-state index in [-0.39, 0.29) is 11.8 Å². The number of hydrogen-bond acceptors (Lipinski definition) is 3. The molecule has 30 heavy (non-hydrogen) atoms. The summed E-state index contributed by atoms with van der Waals surface area (Å²) in [4.78, 5) is 26.2. The molecule has 0 saturated carbocycles. The highest BCUT2D eigenvalue weighted by Gasteiger charge is 2.40. The standard InChI is InChI=1S/C27H24O3/c1-30-27(29)25-18-23(20-13-7-3-8-14-20)22(19-11-5-2-6-12-19)17-24(25)26(28)21-15-9-4-10-16-21/h2-16,24-25H,17-18H2,1H3. The number of Topliss-reactive ketones (excluding diaryl/α,β-unsaturated/α-hetero) is 1. The van der Waals surface area contributed by atoms with Crippen molar-refractivity contribution in [2.75, 3.05) is 7.11 Å². The Bertz CT molecular complexity index is 1050. The van der Waals surface area contributed by atoms with E-state index in [1.165, 1.54) is 7.11 Å². The molecule has 0 bridgehead atoms. The Kier molecular flexibility index (Phi) is 5.89. The summed E-state index contributed by atoms with van der Waals surface area (Å²) in [5.74, 6) is -1.30. The molecule has 0 aliphatic heterocycles. The van der Waals surface area contributed by atoms with Crippen LogP contribution in [0.5, 0.6) is 0 Å². The number of methoxy groups -OCH3 is 1. The van der Waals surface area contributed by atoms with Gasteiger partial charge in [0.05, 0.1) is 13.0 Å². The number of ether oxygens (including phenoxy) is 1. The molecule has 0 aromatic heterocycles. The minimum absolute atomic E-state index is 0.00783. The largest absolute Gasteiger partial charge is 0.469 e. The minimum atomic E-state index is -0.509. The van der Waals surface area contributed by atoms with E-state index in [1.54, 1.807) is 0 Å². The minimum Gasteiger partial charge on any atom is -0.469 e. The van der Waals surface area contributed by atoms with Crippen LogP contribution in [-0.2, 0) is 9.53 Å². The van der Waals surface area contributed by atoms with Crippen molar-refractivity contribution in [1.29, 1.82) is 0 Å². The van der Waals surface area contributed by atoms with Gasteiger partial charge in [0.25, 0.3) is 0 Å². The van der Waals surface area contributed by atoms with Crippen LogP contribution < -0.4 is 0 Å². The molecule has 0 saturated heterocycles. The van der Waals surface area contributed by atoms with Crippen LogP contribution in [0.15, 0.2) is 91.0 Å². The molecular weight excluding hydrogens is 372 g/mol. The summed E-state index contributed by atoms with van der Waals surface area (Å²) in [5, 5.41) is 0. The highest BCUT2D eigenvalue weighted by molar-refractivity contribution is 6.04. The van der Waals surface area contributed by atoms with E-state index in [1.807, 2.05) is 66.7 Å². The molecule has 2 atom stereocenters. The SMILES string of the molecule is COC(=O)C1CC(c2ccccc2)=C(c2ccccc2)CC1C(=O)c1ccccc1. The molecule has 0 spiro atoms. The summed E-state index contributed by atoms with van der Waals surface area (Å²) in [6.07, 6.45) is 0.978. The number of hydrogen-bond donors (Lipinski definition) is 0. The van der Waals surface area contributed by atoms with Crippen molar-refractivity contribution in [3.63, 3.8) is 0 Å². The van der Waals surface area contributed by atoms with Crippen LogP contribution in [0.4, 0.5) is 0 Å². The van der Waals surface area contributed by atoms with E-state index in [0.29, 0.717) is 18.4 Å². The Labute approximate surface area is 177 Å². The molecule has 3 nitrogen and oxygen atoms in total. The maximum absolute atomic E-state index is 13.4. The smallest absolute Gasteiger partial charge is 0.309 e. The quantitative estimate of drug-likeness (QED) is 0.412. The molecule has 1 aliphatic rings. The number of benzene rings is 3. The van der Waals surface area contributed by atoms with E-state index >= 15 is 0 Å². The molecule has 0 fully saturated rings. The average molecular weight is 396 g/mol. The predicted octanol–water partition coefficient (Wildman–Crippen LogP) is 5.68. The number of rotatable bonds is 5. The van der Waals surface area contributed by atoms with Crippen LogP contribution in [0, 0.1) is 11.8 Å². The lowest BCUT2D eigenvalue weighted by atomic mass is 9.70. The number of carbonyl (C=O) groups is 2. The third kappa shape index (κ3) is 3.97. The zero-order chi connectivity index (χ0) is 20.9. The van der Waals surface area contributed by atoms with Gasteiger partial charge in [-0.2, -0.15) is 0 Å². The average Bonchev–Trinajstić information content (AvgIpc) is 2.84. The van der Waals surface area contributed by atoms with Crippen molar-refractivity contribution in [1.82, 2.24) is 0 Å². The van der Waals surface area contributed by atoms with Gasteiger partial charge in [-0.3, -0.25) is 9.59 Å². The Morgan fingerprint density at radius 3 is 1.57 bits per heavy atom. The van der Waals surface area contributed by atoms with Gasteiger partial charge in [0.2, 0.25) is 0 Å². The topological polar surface area (TPSA) is 43.4 Å². The molecule has 4 rings (SSSR count). The van der Waals surface area contributed by atoms with Crippen LogP contribution in [0.1, 0.15) is 34.3 Å². The van der Waals surface area contributed by atoms with E-state index in [2.05, 4.69) is 24.3 Å². The second-order valence-electron chi connectivity index (χ2n) is 7.56. The molecule has 0 heterocycles. The van der Waals surface area contributed by atoms with Crippen LogP contribution in [0.3, 0.4) is 0 Å². The maximum atomic E-state index is 13.4. The van der Waals surface area contributed by atoms with Gasteiger partial charge < -0.3 is 4.74 Å². The van der Waals surface area contributed by atoms with Crippen molar-refractivity contribution in [2.24, 2.45) is 11.8 Å². The normalized spacial score (nSPS) is 18.7. The third-order valence-electron chi connectivity index (χ3n) is 5.84. The summed E-state index contributed by atoms with van der Waals surface area (Å²) in [5.41, 5.74) is 5.03. The van der Waals surface area contributed by atoms with Gasteiger partial charge in [0.1, 0.15) is 0 Å². The summed E-state index contributed by atoms with van der Waals surface area (Å²) >= 11 is 0. The zero-order valence-corrected chi connectivity index (χ0v) is 17.0. The number of carbonyl (C=O) groups excluding carboxylic acids is 2. The van der Waals surface area contributed by atoms with Crippen LogP contribution in [0.25, 0.3) is 11.1 Å². The maximum Gasteiger partial charge on any atom is 0.309 e. The first kappa shape index (κ1) is 19.8. The summed E-state index contributed by atoms with van der Waals surface area (Å²) in [6.45, 7) is 0.